The number of imidazole rings is 1. The van der Waals surface area contributed by atoms with Gasteiger partial charge in [-0.2, -0.15) is 5.10 Å². The van der Waals surface area contributed by atoms with Crippen LogP contribution in [0.2, 0.25) is 0 Å². The number of anilines is 1. The maximum absolute atomic E-state index is 13.0. The van der Waals surface area contributed by atoms with Crippen molar-refractivity contribution >= 4 is 28.7 Å². The van der Waals surface area contributed by atoms with Crippen LogP contribution in [0.5, 0.6) is 0 Å². The molecular formula is C25H32N6O4. The number of carbonyl (C=O) groups is 2. The van der Waals surface area contributed by atoms with Crippen LogP contribution >= 0.6 is 0 Å². The topological polar surface area (TPSA) is 104 Å². The van der Waals surface area contributed by atoms with Gasteiger partial charge in [0, 0.05) is 56.2 Å². The number of hydrogen-bond donors (Lipinski definition) is 1. The van der Waals surface area contributed by atoms with E-state index in [9.17, 15) is 9.59 Å². The van der Waals surface area contributed by atoms with Crippen molar-refractivity contribution < 1.29 is 19.1 Å². The molecule has 0 radical (unpaired) electrons. The highest BCUT2D eigenvalue weighted by atomic mass is 16.5. The van der Waals surface area contributed by atoms with E-state index >= 15 is 0 Å². The van der Waals surface area contributed by atoms with Crippen molar-refractivity contribution in [2.45, 2.75) is 64.2 Å². The molecule has 186 valence electrons. The Kier molecular flexibility index (Phi) is 6.72. The highest BCUT2D eigenvalue weighted by molar-refractivity contribution is 5.95. The van der Waals surface area contributed by atoms with Crippen molar-refractivity contribution in [1.82, 2.24) is 24.6 Å². The Morgan fingerprint density at radius 2 is 2.06 bits per heavy atom. The third kappa shape index (κ3) is 4.75. The molecule has 0 bridgehead atoms. The zero-order valence-electron chi connectivity index (χ0n) is 20.3. The van der Waals surface area contributed by atoms with Crippen LogP contribution < -0.4 is 10.2 Å². The predicted molar refractivity (Wildman–Crippen MR) is 130 cm³/mol. The number of fused-ring (bicyclic) bond motifs is 3. The zero-order chi connectivity index (χ0) is 24.4. The Bertz CT molecular complexity index is 1200. The number of rotatable bonds is 6. The second kappa shape index (κ2) is 10.1. The summed E-state index contributed by atoms with van der Waals surface area (Å²) in [5.41, 5.74) is 3.60. The molecule has 5 rings (SSSR count). The number of carbonyl (C=O) groups excluding carboxylic acids is 2. The number of hydrogen-bond acceptors (Lipinski definition) is 6. The molecule has 2 aliphatic rings. The summed E-state index contributed by atoms with van der Waals surface area (Å²) in [7, 11) is 1.40. The first-order valence-electron chi connectivity index (χ1n) is 12.3. The minimum atomic E-state index is -0.369. The molecular weight excluding hydrogens is 448 g/mol. The van der Waals surface area contributed by atoms with Crippen molar-refractivity contribution in [2.75, 3.05) is 25.2 Å². The second-order valence-electron chi connectivity index (χ2n) is 9.25. The van der Waals surface area contributed by atoms with Crippen molar-refractivity contribution in [2.24, 2.45) is 0 Å². The fraction of sp³-hybridized carbons (Fsp3) is 0.520. The zero-order valence-corrected chi connectivity index (χ0v) is 20.3. The van der Waals surface area contributed by atoms with E-state index in [4.69, 9.17) is 14.5 Å². The summed E-state index contributed by atoms with van der Waals surface area (Å²) < 4.78 is 14.3. The van der Waals surface area contributed by atoms with Gasteiger partial charge in [-0.3, -0.25) is 14.4 Å². The minimum absolute atomic E-state index is 0.0286. The van der Waals surface area contributed by atoms with Gasteiger partial charge >= 0.3 is 6.09 Å². The average Bonchev–Trinajstić information content (AvgIpc) is 3.51. The van der Waals surface area contributed by atoms with Gasteiger partial charge in [0.15, 0.2) is 0 Å². The van der Waals surface area contributed by atoms with Crippen LogP contribution in [0.15, 0.2) is 30.6 Å². The lowest BCUT2D eigenvalue weighted by Gasteiger charge is -2.34. The van der Waals surface area contributed by atoms with E-state index in [1.165, 1.54) is 7.11 Å². The molecule has 4 heterocycles. The number of nitrogens with zero attached hydrogens (tertiary/aromatic N) is 5. The van der Waals surface area contributed by atoms with Crippen molar-refractivity contribution in [1.29, 1.82) is 0 Å². The second-order valence-corrected chi connectivity index (χ2v) is 9.25. The molecule has 1 atom stereocenters. The SMILES string of the molecule is COC(=O)N1c2ccc3c(nc(CCn4cccn4)n3CC(=O)NC3CCOCC3)c2CC[C@@H]1C. The maximum Gasteiger partial charge on any atom is 0.414 e. The molecule has 2 aliphatic heterocycles. The van der Waals surface area contributed by atoms with Gasteiger partial charge in [0.25, 0.3) is 0 Å². The molecule has 1 aromatic carbocycles. The van der Waals surface area contributed by atoms with Crippen LogP contribution in [0.25, 0.3) is 11.0 Å². The van der Waals surface area contributed by atoms with Gasteiger partial charge in [-0.1, -0.05) is 0 Å². The van der Waals surface area contributed by atoms with Crippen molar-refractivity contribution in [3.63, 3.8) is 0 Å². The number of ether oxygens (including phenoxy) is 2. The van der Waals surface area contributed by atoms with Gasteiger partial charge in [0.1, 0.15) is 12.4 Å². The normalized spacial score (nSPS) is 18.5. The Labute approximate surface area is 204 Å². The summed E-state index contributed by atoms with van der Waals surface area (Å²) in [6.07, 6.45) is 7.23. The van der Waals surface area contributed by atoms with Crippen LogP contribution in [0.1, 0.15) is 37.6 Å². The molecule has 0 unspecified atom stereocenters. The lowest BCUT2D eigenvalue weighted by Crippen LogP contribution is -2.42. The molecule has 3 aromatic rings. The Morgan fingerprint density at radius 3 is 2.80 bits per heavy atom. The van der Waals surface area contributed by atoms with E-state index < -0.39 is 0 Å². The lowest BCUT2D eigenvalue weighted by atomic mass is 9.96. The first kappa shape index (κ1) is 23.3. The van der Waals surface area contributed by atoms with E-state index in [-0.39, 0.29) is 30.6 Å². The van der Waals surface area contributed by atoms with Gasteiger partial charge in [0.2, 0.25) is 5.91 Å². The monoisotopic (exact) mass is 480 g/mol. The Morgan fingerprint density at radius 1 is 1.23 bits per heavy atom. The number of benzene rings is 1. The Balaban J connectivity index is 1.49. The predicted octanol–water partition coefficient (Wildman–Crippen LogP) is 2.68. The molecule has 0 aliphatic carbocycles. The van der Waals surface area contributed by atoms with Crippen LogP contribution in [-0.4, -0.2) is 63.7 Å². The summed E-state index contributed by atoms with van der Waals surface area (Å²) in [5, 5.41) is 7.46. The maximum atomic E-state index is 13.0. The fourth-order valence-corrected chi connectivity index (χ4v) is 5.13. The first-order valence-corrected chi connectivity index (χ1v) is 12.3. The van der Waals surface area contributed by atoms with E-state index in [0.717, 1.165) is 53.8 Å². The van der Waals surface area contributed by atoms with Crippen LogP contribution in [-0.2, 0) is 40.2 Å². The third-order valence-electron chi connectivity index (χ3n) is 6.98. The summed E-state index contributed by atoms with van der Waals surface area (Å²) in [6, 6.07) is 5.99. The molecule has 1 fully saturated rings. The lowest BCUT2D eigenvalue weighted by molar-refractivity contribution is -0.122. The molecule has 35 heavy (non-hydrogen) atoms. The number of aromatic nitrogens is 4. The molecule has 10 heteroatoms. The standard InChI is InChI=1S/C25H32N6O4/c1-17-4-5-19-20(31(17)25(33)34-2)6-7-21-24(19)28-22(8-13-29-12-3-11-26-29)30(21)16-23(32)27-18-9-14-35-15-10-18/h3,6-7,11-12,17-18H,4-5,8-10,13-16H2,1-2H3,(H,27,32)/t17-/m0/s1. The van der Waals surface area contributed by atoms with Gasteiger partial charge in [-0.05, 0) is 50.8 Å². The first-order chi connectivity index (χ1) is 17.0. The highest BCUT2D eigenvalue weighted by Crippen LogP contribution is 2.36. The minimum Gasteiger partial charge on any atom is -0.452 e. The van der Waals surface area contributed by atoms with Gasteiger partial charge in [-0.25, -0.2) is 9.78 Å². The summed E-state index contributed by atoms with van der Waals surface area (Å²) in [4.78, 5) is 32.3. The van der Waals surface area contributed by atoms with Gasteiger partial charge < -0.3 is 19.4 Å². The smallest absolute Gasteiger partial charge is 0.414 e. The molecule has 2 amide bonds. The molecule has 1 N–H and O–H groups in total. The molecule has 0 spiro atoms. The van der Waals surface area contributed by atoms with Crippen molar-refractivity contribution in [3.8, 4) is 0 Å². The van der Waals surface area contributed by atoms with E-state index in [1.807, 2.05) is 40.6 Å². The molecule has 0 saturated carbocycles. The largest absolute Gasteiger partial charge is 0.452 e. The summed E-state index contributed by atoms with van der Waals surface area (Å²) >= 11 is 0. The Hall–Kier alpha value is -3.40. The van der Waals surface area contributed by atoms with Crippen molar-refractivity contribution in [3.05, 3.63) is 42.0 Å². The number of aryl methyl sites for hydroxylation is 3. The molecule has 2 aromatic heterocycles. The summed E-state index contributed by atoms with van der Waals surface area (Å²) in [5.74, 6) is 0.799. The van der Waals surface area contributed by atoms with E-state index in [0.29, 0.717) is 26.2 Å². The molecule has 1 saturated heterocycles. The van der Waals surface area contributed by atoms with E-state index in [1.54, 1.807) is 11.1 Å². The summed E-state index contributed by atoms with van der Waals surface area (Å²) in [6.45, 7) is 4.23. The van der Waals surface area contributed by atoms with E-state index in [2.05, 4.69) is 10.4 Å². The van der Waals surface area contributed by atoms with Crippen LogP contribution in [0.3, 0.4) is 0 Å². The van der Waals surface area contributed by atoms with Crippen LogP contribution in [0.4, 0.5) is 10.5 Å². The number of methoxy groups -OCH3 is 1. The third-order valence-corrected chi connectivity index (χ3v) is 6.98. The quantitative estimate of drug-likeness (QED) is 0.582. The number of amides is 2. The molecule has 10 nitrogen and oxygen atoms in total. The fourth-order valence-electron chi connectivity index (χ4n) is 5.13. The van der Waals surface area contributed by atoms with Gasteiger partial charge in [-0.15, -0.1) is 0 Å². The van der Waals surface area contributed by atoms with Crippen LogP contribution in [0, 0.1) is 0 Å². The number of nitrogens with one attached hydrogen (secondary N) is 1. The highest BCUT2D eigenvalue weighted by Gasteiger charge is 2.31. The average molecular weight is 481 g/mol. The van der Waals surface area contributed by atoms with Gasteiger partial charge in [0.05, 0.1) is 23.8 Å².